The number of rotatable bonds is 0. The van der Waals surface area contributed by atoms with Gasteiger partial charge in [0.2, 0.25) is 0 Å². The van der Waals surface area contributed by atoms with Crippen LogP contribution in [0.3, 0.4) is 0 Å². The van der Waals surface area contributed by atoms with Gasteiger partial charge < -0.3 is 0 Å². The van der Waals surface area contributed by atoms with E-state index in [-0.39, 0.29) is 7.43 Å². The summed E-state index contributed by atoms with van der Waals surface area (Å²) in [5.41, 5.74) is 0. The molecule has 0 aromatic heterocycles. The van der Waals surface area contributed by atoms with Crippen molar-refractivity contribution in [2.45, 2.75) is 7.43 Å². The van der Waals surface area contributed by atoms with Crippen LogP contribution in [0.2, 0.25) is 0 Å². The van der Waals surface area contributed by atoms with Crippen molar-refractivity contribution in [3.8, 4) is 0 Å². The van der Waals surface area contributed by atoms with Crippen molar-refractivity contribution in [2.24, 2.45) is 0 Å². The van der Waals surface area contributed by atoms with Gasteiger partial charge in [0.25, 0.3) is 0 Å². The Bertz CT molecular complexity index is 29.5. The maximum absolute atomic E-state index is 4.98. The van der Waals surface area contributed by atoms with Crippen LogP contribution in [0.5, 0.6) is 0 Å². The third-order valence-electron chi connectivity index (χ3n) is 0. The van der Waals surface area contributed by atoms with Crippen LogP contribution in [-0.2, 0) is 11.5 Å². The van der Waals surface area contributed by atoms with E-state index in [1.54, 1.807) is 0 Å². The molecule has 0 atom stereocenters. The molecule has 0 aliphatic carbocycles. The van der Waals surface area contributed by atoms with E-state index >= 15 is 0 Å². The first-order chi connectivity index (χ1) is 3.00. The Hall–Kier alpha value is 3.82. The fourth-order valence-corrected chi connectivity index (χ4v) is 0. The van der Waals surface area contributed by atoms with Crippen molar-refractivity contribution in [3.05, 3.63) is 0 Å². The van der Waals surface area contributed by atoms with Crippen LogP contribution in [0, 0.1) is 0 Å². The first-order valence-corrected chi connectivity index (χ1v) is 17.5. The van der Waals surface area contributed by atoms with Crippen LogP contribution in [-0.4, -0.2) is 43.6 Å². The van der Waals surface area contributed by atoms with Gasteiger partial charge in [-0.1, -0.05) is 7.43 Å². The number of hydrogen-bond acceptors (Lipinski definition) is 0. The summed E-state index contributed by atoms with van der Waals surface area (Å²) < 4.78 is 0. The van der Waals surface area contributed by atoms with Gasteiger partial charge in [0, 0.05) is 0 Å². The van der Waals surface area contributed by atoms with Crippen LogP contribution >= 0.6 is 38.1 Å². The van der Waals surface area contributed by atoms with Gasteiger partial charge in [-0.3, -0.25) is 0 Å². The Kier molecular flexibility index (Phi) is 24.1. The van der Waals surface area contributed by atoms with Gasteiger partial charge in [-0.25, -0.2) is 0 Å². The maximum atomic E-state index is 4.98. The molecule has 0 aromatic carbocycles. The third-order valence-corrected chi connectivity index (χ3v) is 0. The molecule has 0 bridgehead atoms. The molecule has 7 heteroatoms. The standard InChI is InChI=1S/CH4.4ClH.2Na.Pd/h1H4;4*1H;;;/q;;;;;;;+4/p-4. The fourth-order valence-electron chi connectivity index (χ4n) is 0. The zero-order valence-corrected chi connectivity index (χ0v) is 12.4. The molecular weight excluding hydrogens is 306 g/mol. The van der Waals surface area contributed by atoms with Gasteiger partial charge in [-0.2, -0.15) is 0 Å². The minimum atomic E-state index is -2.81. The van der Waals surface area contributed by atoms with Crippen LogP contribution in [0.15, 0.2) is 0 Å². The molecule has 0 radical (unpaired) electrons. The third kappa shape index (κ3) is 52.3. The van der Waals surface area contributed by atoms with E-state index in [9.17, 15) is 0 Å². The van der Waals surface area contributed by atoms with Crippen molar-refractivity contribution < 1.29 is 11.5 Å². The van der Waals surface area contributed by atoms with Gasteiger partial charge in [0.05, 0.1) is 0 Å². The molecule has 0 aliphatic heterocycles. The van der Waals surface area contributed by atoms with Crippen molar-refractivity contribution in [3.63, 3.8) is 0 Å². The molecule has 48 valence electrons. The van der Waals surface area contributed by atoms with Gasteiger partial charge in [-0.15, -0.1) is 0 Å². The topological polar surface area (TPSA) is 0 Å². The predicted molar refractivity (Wildman–Crippen MR) is 41.7 cm³/mol. The summed E-state index contributed by atoms with van der Waals surface area (Å²) in [6.07, 6.45) is 0. The second kappa shape index (κ2) is 10.8. The molecule has 0 N–H and O–H groups in total. The second-order valence-corrected chi connectivity index (χ2v) is 14.4. The summed E-state index contributed by atoms with van der Waals surface area (Å²) >= 11 is 0.0778. The van der Waals surface area contributed by atoms with Crippen LogP contribution in [0.4, 0.5) is 0 Å². The monoisotopic (exact) mass is 308 g/mol. The molecule has 0 fully saturated rings. The predicted octanol–water partition coefficient (Wildman–Crippen LogP) is 2.63. The molecule has 0 saturated heterocycles. The van der Waals surface area contributed by atoms with Crippen LogP contribution < -0.4 is 0 Å². The van der Waals surface area contributed by atoms with E-state index in [2.05, 4.69) is 0 Å². The molecular formula is CH4Cl4Na2Pd. The van der Waals surface area contributed by atoms with E-state index < -0.39 is 11.5 Å². The quantitative estimate of drug-likeness (QED) is 0.604. The fraction of sp³-hybridized carbons (Fsp3) is 1.00. The first kappa shape index (κ1) is 17.8. The summed E-state index contributed by atoms with van der Waals surface area (Å²) in [6.45, 7) is 0. The average Bonchev–Trinajstić information content (AvgIpc) is 1.36. The molecule has 0 unspecified atom stereocenters. The number of hydrogen-bond donors (Lipinski definition) is 0. The van der Waals surface area contributed by atoms with Crippen molar-refractivity contribution in [1.82, 2.24) is 0 Å². The molecule has 8 heavy (non-hydrogen) atoms. The van der Waals surface area contributed by atoms with Crippen molar-refractivity contribution in [1.29, 1.82) is 0 Å². The molecule has 0 nitrogen and oxygen atoms in total. The summed E-state index contributed by atoms with van der Waals surface area (Å²) in [7, 11) is 19.9. The van der Waals surface area contributed by atoms with E-state index in [4.69, 9.17) is 38.1 Å². The Morgan fingerprint density at radius 2 is 0.875 bits per heavy atom. The van der Waals surface area contributed by atoms with Gasteiger partial charge in [0.1, 0.15) is 0 Å². The zero-order chi connectivity index (χ0) is 6.50. The molecule has 0 spiro atoms. The SMILES string of the molecule is C.[Cl][Pd]([Cl])([Cl])[Cl].[Na][Na]. The molecule has 0 aliphatic rings. The second-order valence-electron chi connectivity index (χ2n) is 0.271. The minimum absolute atomic E-state index is 0. The molecule has 0 aromatic rings. The summed E-state index contributed by atoms with van der Waals surface area (Å²) in [5, 5.41) is 0. The van der Waals surface area contributed by atoms with Crippen molar-refractivity contribution >= 4 is 81.7 Å². The summed E-state index contributed by atoms with van der Waals surface area (Å²) in [4.78, 5) is 0. The van der Waals surface area contributed by atoms with E-state index in [1.807, 2.05) is 0 Å². The molecule has 0 saturated carbocycles. The Morgan fingerprint density at radius 1 is 0.875 bits per heavy atom. The van der Waals surface area contributed by atoms with E-state index in [0.29, 0.717) is 0 Å². The Morgan fingerprint density at radius 3 is 0.875 bits per heavy atom. The average molecular weight is 310 g/mol. The first-order valence-electron chi connectivity index (χ1n) is 1.48. The number of halogens is 4. The van der Waals surface area contributed by atoms with Crippen LogP contribution in [0.25, 0.3) is 0 Å². The Labute approximate surface area is 98.0 Å². The van der Waals surface area contributed by atoms with Gasteiger partial charge in [0.15, 0.2) is 0 Å². The van der Waals surface area contributed by atoms with Crippen LogP contribution in [0.1, 0.15) is 7.43 Å². The summed E-state index contributed by atoms with van der Waals surface area (Å²) in [5.74, 6) is 0. The zero-order valence-electron chi connectivity index (χ0n) is 3.83. The molecule has 0 heterocycles. The van der Waals surface area contributed by atoms with Crippen molar-refractivity contribution in [2.75, 3.05) is 0 Å². The Balaban J connectivity index is -0.0000000750. The molecule has 0 amide bonds. The van der Waals surface area contributed by atoms with Gasteiger partial charge in [-0.05, 0) is 0 Å². The van der Waals surface area contributed by atoms with E-state index in [0.717, 1.165) is 0 Å². The summed E-state index contributed by atoms with van der Waals surface area (Å²) in [6, 6.07) is 0. The normalized spacial score (nSPS) is 10.5. The molecule has 0 rings (SSSR count). The van der Waals surface area contributed by atoms with Gasteiger partial charge >= 0.3 is 93.2 Å². The van der Waals surface area contributed by atoms with E-state index in [1.165, 1.54) is 43.6 Å².